The predicted octanol–water partition coefficient (Wildman–Crippen LogP) is 8.04. The summed E-state index contributed by atoms with van der Waals surface area (Å²) in [6, 6.07) is 19.0. The van der Waals surface area contributed by atoms with E-state index in [4.69, 9.17) is 0 Å². The Morgan fingerprint density at radius 2 is 1.50 bits per heavy atom. The quantitative estimate of drug-likeness (QED) is 0.218. The van der Waals surface area contributed by atoms with Crippen LogP contribution in [0.25, 0.3) is 21.9 Å². The molecular formula is C28H19F5O. The first-order chi connectivity index (χ1) is 16.2. The molecule has 4 rings (SSSR count). The van der Waals surface area contributed by atoms with Crippen molar-refractivity contribution in [2.45, 2.75) is 26.1 Å². The molecule has 4 aromatic carbocycles. The van der Waals surface area contributed by atoms with Crippen molar-refractivity contribution >= 4 is 10.8 Å². The van der Waals surface area contributed by atoms with Gasteiger partial charge in [-0.25, -0.2) is 8.78 Å². The molecule has 0 aliphatic carbocycles. The van der Waals surface area contributed by atoms with E-state index in [1.54, 1.807) is 24.3 Å². The smallest absolute Gasteiger partial charge is 0.403 e. The average Bonchev–Trinajstić information content (AvgIpc) is 2.80. The lowest BCUT2D eigenvalue weighted by Crippen LogP contribution is -2.17. The van der Waals surface area contributed by atoms with Gasteiger partial charge in [-0.2, -0.15) is 0 Å². The molecule has 0 saturated carbocycles. The Kier molecular flexibility index (Phi) is 6.56. The fraction of sp³-hybridized carbons (Fsp3) is 0.143. The fourth-order valence-corrected chi connectivity index (χ4v) is 3.66. The second kappa shape index (κ2) is 9.56. The highest BCUT2D eigenvalue weighted by atomic mass is 19.4. The van der Waals surface area contributed by atoms with E-state index in [-0.39, 0.29) is 11.1 Å². The zero-order valence-corrected chi connectivity index (χ0v) is 18.1. The number of fused-ring (bicyclic) bond motifs is 1. The second-order valence-electron chi connectivity index (χ2n) is 7.75. The summed E-state index contributed by atoms with van der Waals surface area (Å²) in [5.41, 5.74) is 3.00. The molecule has 0 atom stereocenters. The number of alkyl halides is 3. The molecule has 0 aliphatic heterocycles. The first-order valence-electron chi connectivity index (χ1n) is 10.6. The molecule has 0 saturated heterocycles. The average molecular weight is 466 g/mol. The third kappa shape index (κ3) is 5.37. The third-order valence-corrected chi connectivity index (χ3v) is 5.27. The van der Waals surface area contributed by atoms with Gasteiger partial charge in [-0.05, 0) is 59.3 Å². The van der Waals surface area contributed by atoms with Gasteiger partial charge in [0, 0.05) is 22.1 Å². The minimum Gasteiger partial charge on any atom is -0.403 e. The van der Waals surface area contributed by atoms with Gasteiger partial charge in [0.15, 0.2) is 11.6 Å². The maximum absolute atomic E-state index is 15.2. The van der Waals surface area contributed by atoms with Gasteiger partial charge in [0.2, 0.25) is 0 Å². The Morgan fingerprint density at radius 3 is 2.18 bits per heavy atom. The van der Waals surface area contributed by atoms with Crippen molar-refractivity contribution < 1.29 is 26.7 Å². The Morgan fingerprint density at radius 1 is 0.794 bits per heavy atom. The van der Waals surface area contributed by atoms with E-state index in [0.29, 0.717) is 16.3 Å². The summed E-state index contributed by atoms with van der Waals surface area (Å²) in [5.74, 6) is 3.36. The van der Waals surface area contributed by atoms with Gasteiger partial charge in [-0.1, -0.05) is 61.6 Å². The zero-order valence-electron chi connectivity index (χ0n) is 18.1. The SMILES string of the molecule is CCCc1ccc(C#Cc2ccc3c(F)c(-c4ccc(OC(F)(F)F)c(F)c4)ccc3c2)cc1. The molecule has 172 valence electrons. The van der Waals surface area contributed by atoms with Crippen molar-refractivity contribution in [1.82, 2.24) is 0 Å². The highest BCUT2D eigenvalue weighted by Gasteiger charge is 2.32. The van der Waals surface area contributed by atoms with Crippen molar-refractivity contribution in [3.63, 3.8) is 0 Å². The van der Waals surface area contributed by atoms with Crippen LogP contribution < -0.4 is 4.74 Å². The van der Waals surface area contributed by atoms with Gasteiger partial charge in [0.1, 0.15) is 5.82 Å². The van der Waals surface area contributed by atoms with E-state index in [1.165, 1.54) is 17.7 Å². The number of hydrogen-bond acceptors (Lipinski definition) is 1. The lowest BCUT2D eigenvalue weighted by molar-refractivity contribution is -0.275. The van der Waals surface area contributed by atoms with Gasteiger partial charge in [-0.15, -0.1) is 13.2 Å². The molecule has 0 bridgehead atoms. The number of hydrogen-bond donors (Lipinski definition) is 0. The van der Waals surface area contributed by atoms with Crippen molar-refractivity contribution in [2.75, 3.05) is 0 Å². The molecule has 0 unspecified atom stereocenters. The molecule has 0 aliphatic rings. The van der Waals surface area contributed by atoms with Gasteiger partial charge in [-0.3, -0.25) is 0 Å². The molecule has 0 heterocycles. The number of halogens is 5. The summed E-state index contributed by atoms with van der Waals surface area (Å²) in [4.78, 5) is 0. The minimum atomic E-state index is -5.02. The molecule has 4 aromatic rings. The van der Waals surface area contributed by atoms with Gasteiger partial charge in [0.05, 0.1) is 0 Å². The molecule has 0 aromatic heterocycles. The van der Waals surface area contributed by atoms with Gasteiger partial charge < -0.3 is 4.74 Å². The number of aryl methyl sites for hydroxylation is 1. The van der Waals surface area contributed by atoms with Crippen LogP contribution >= 0.6 is 0 Å². The second-order valence-corrected chi connectivity index (χ2v) is 7.75. The molecule has 0 spiro atoms. The normalized spacial score (nSPS) is 11.2. The largest absolute Gasteiger partial charge is 0.573 e. The van der Waals surface area contributed by atoms with Crippen molar-refractivity contribution in [1.29, 1.82) is 0 Å². The van der Waals surface area contributed by atoms with E-state index in [0.717, 1.165) is 30.5 Å². The van der Waals surface area contributed by atoms with Crippen LogP contribution in [0.15, 0.2) is 72.8 Å². The van der Waals surface area contributed by atoms with Crippen molar-refractivity contribution in [3.8, 4) is 28.7 Å². The fourth-order valence-electron chi connectivity index (χ4n) is 3.66. The Labute approximate surface area is 193 Å². The molecule has 34 heavy (non-hydrogen) atoms. The third-order valence-electron chi connectivity index (χ3n) is 5.27. The summed E-state index contributed by atoms with van der Waals surface area (Å²) in [6.07, 6.45) is -2.92. The van der Waals surface area contributed by atoms with Crippen molar-refractivity contribution in [3.05, 3.63) is 101 Å². The molecular weight excluding hydrogens is 447 g/mol. The monoisotopic (exact) mass is 466 g/mol. The van der Waals surface area contributed by atoms with Crippen LogP contribution in [0.2, 0.25) is 0 Å². The highest BCUT2D eigenvalue weighted by molar-refractivity contribution is 5.89. The summed E-state index contributed by atoms with van der Waals surface area (Å²) in [7, 11) is 0. The highest BCUT2D eigenvalue weighted by Crippen LogP contribution is 2.33. The lowest BCUT2D eigenvalue weighted by Gasteiger charge is -2.12. The number of ether oxygens (including phenoxy) is 1. The van der Waals surface area contributed by atoms with Crippen LogP contribution in [0.1, 0.15) is 30.0 Å². The molecule has 0 radical (unpaired) electrons. The zero-order chi connectivity index (χ0) is 24.3. The van der Waals surface area contributed by atoms with Crippen LogP contribution in [0.3, 0.4) is 0 Å². The predicted molar refractivity (Wildman–Crippen MR) is 122 cm³/mol. The van der Waals surface area contributed by atoms with Crippen LogP contribution in [0, 0.1) is 23.5 Å². The minimum absolute atomic E-state index is 0.0657. The molecule has 0 N–H and O–H groups in total. The first kappa shape index (κ1) is 23.3. The Bertz CT molecular complexity index is 1390. The van der Waals surface area contributed by atoms with Gasteiger partial charge >= 0.3 is 6.36 Å². The molecule has 0 fully saturated rings. The van der Waals surface area contributed by atoms with Gasteiger partial charge in [0.25, 0.3) is 0 Å². The maximum Gasteiger partial charge on any atom is 0.573 e. The van der Waals surface area contributed by atoms with Crippen LogP contribution in [0.5, 0.6) is 5.75 Å². The maximum atomic E-state index is 15.2. The molecule has 6 heteroatoms. The Hall–Kier alpha value is -3.85. The topological polar surface area (TPSA) is 9.23 Å². The van der Waals surface area contributed by atoms with Crippen molar-refractivity contribution in [2.24, 2.45) is 0 Å². The van der Waals surface area contributed by atoms with E-state index in [2.05, 4.69) is 35.6 Å². The molecule has 1 nitrogen and oxygen atoms in total. The Balaban J connectivity index is 1.61. The summed E-state index contributed by atoms with van der Waals surface area (Å²) < 4.78 is 69.9. The number of benzene rings is 4. The van der Waals surface area contributed by atoms with E-state index in [1.807, 2.05) is 12.1 Å². The summed E-state index contributed by atoms with van der Waals surface area (Å²) in [6.45, 7) is 2.13. The lowest BCUT2D eigenvalue weighted by atomic mass is 9.98. The van der Waals surface area contributed by atoms with E-state index >= 15 is 4.39 Å². The van der Waals surface area contributed by atoms with Crippen LogP contribution in [-0.2, 0) is 6.42 Å². The first-order valence-corrected chi connectivity index (χ1v) is 10.6. The van der Waals surface area contributed by atoms with Crippen LogP contribution in [-0.4, -0.2) is 6.36 Å². The standard InChI is InChI=1S/C28H19F5O/c1-2-3-18-4-6-19(7-5-18)8-9-20-10-13-23-21(16-20)11-14-24(27(23)30)22-12-15-26(25(29)17-22)34-28(31,32)33/h4-7,10-17H,2-3H2,1H3. The van der Waals surface area contributed by atoms with E-state index < -0.39 is 23.7 Å². The summed E-state index contributed by atoms with van der Waals surface area (Å²) in [5, 5.41) is 0.895. The molecule has 0 amide bonds. The number of rotatable bonds is 4. The summed E-state index contributed by atoms with van der Waals surface area (Å²) >= 11 is 0. The van der Waals surface area contributed by atoms with Crippen LogP contribution in [0.4, 0.5) is 22.0 Å². The van der Waals surface area contributed by atoms with E-state index in [9.17, 15) is 17.6 Å².